The number of carbonyl (C=O) groups is 1. The summed E-state index contributed by atoms with van der Waals surface area (Å²) in [5.41, 5.74) is 4.18. The lowest BCUT2D eigenvalue weighted by Gasteiger charge is -2.10. The van der Waals surface area contributed by atoms with Gasteiger partial charge in [-0.2, -0.15) is 0 Å². The van der Waals surface area contributed by atoms with E-state index in [9.17, 15) is 9.90 Å². The first kappa shape index (κ1) is 23.4. The van der Waals surface area contributed by atoms with Gasteiger partial charge < -0.3 is 9.67 Å². The molecule has 0 aliphatic heterocycles. The van der Waals surface area contributed by atoms with Gasteiger partial charge in [0.1, 0.15) is 4.91 Å². The van der Waals surface area contributed by atoms with E-state index in [0.717, 1.165) is 40.0 Å². The molecule has 0 aliphatic carbocycles. The summed E-state index contributed by atoms with van der Waals surface area (Å²) < 4.78 is 1.99. The predicted molar refractivity (Wildman–Crippen MR) is 134 cm³/mol. The van der Waals surface area contributed by atoms with E-state index >= 15 is 0 Å². The van der Waals surface area contributed by atoms with E-state index < -0.39 is 5.97 Å². The van der Waals surface area contributed by atoms with Crippen molar-refractivity contribution in [2.45, 2.75) is 19.0 Å². The Kier molecular flexibility index (Phi) is 6.86. The van der Waals surface area contributed by atoms with Gasteiger partial charge in [0.15, 0.2) is 5.82 Å². The number of thioether (sulfide) groups is 1. The fourth-order valence-corrected chi connectivity index (χ4v) is 4.47. The molecule has 0 aliphatic rings. The number of nitrogens with zero attached hydrogens (tertiary/aromatic N) is 3. The van der Waals surface area contributed by atoms with Crippen molar-refractivity contribution >= 4 is 58.6 Å². The van der Waals surface area contributed by atoms with E-state index in [4.69, 9.17) is 34.8 Å². The molecule has 2 aromatic heterocycles. The highest BCUT2D eigenvalue weighted by Gasteiger charge is 2.17. The van der Waals surface area contributed by atoms with Gasteiger partial charge in [0.2, 0.25) is 5.16 Å². The zero-order valence-electron chi connectivity index (χ0n) is 17.4. The second kappa shape index (κ2) is 9.65. The summed E-state index contributed by atoms with van der Waals surface area (Å²) in [7, 11) is 0. The lowest BCUT2D eigenvalue weighted by Crippen LogP contribution is -2.00. The molecule has 0 radical (unpaired) electrons. The van der Waals surface area contributed by atoms with E-state index in [2.05, 4.69) is 15.2 Å². The van der Waals surface area contributed by atoms with Crippen LogP contribution >= 0.6 is 46.6 Å². The third-order valence-electron chi connectivity index (χ3n) is 4.91. The highest BCUT2D eigenvalue weighted by Crippen LogP contribution is 2.31. The molecule has 6 nitrogen and oxygen atoms in total. The quantitative estimate of drug-likeness (QED) is 0.210. The van der Waals surface area contributed by atoms with E-state index in [1.54, 1.807) is 30.3 Å². The third-order valence-corrected chi connectivity index (χ3v) is 6.78. The Morgan fingerprint density at radius 1 is 1.06 bits per heavy atom. The average Bonchev–Trinajstić information content (AvgIpc) is 3.34. The molecule has 0 saturated heterocycles. The molecule has 2 N–H and O–H groups in total. The number of aryl methyl sites for hydroxylation is 1. The van der Waals surface area contributed by atoms with Crippen LogP contribution in [-0.2, 0) is 4.79 Å². The van der Waals surface area contributed by atoms with Crippen molar-refractivity contribution in [1.82, 2.24) is 19.7 Å². The monoisotopic (exact) mass is 518 g/mol. The van der Waals surface area contributed by atoms with Crippen molar-refractivity contribution in [3.8, 4) is 17.1 Å². The maximum atomic E-state index is 12.0. The molecule has 0 amide bonds. The fourth-order valence-electron chi connectivity index (χ4n) is 3.36. The second-order valence-electron chi connectivity index (χ2n) is 7.15. The number of benzene rings is 2. The van der Waals surface area contributed by atoms with Gasteiger partial charge in [-0.1, -0.05) is 34.8 Å². The van der Waals surface area contributed by atoms with E-state index in [1.165, 1.54) is 0 Å². The first-order chi connectivity index (χ1) is 15.7. The molecular weight excluding hydrogens is 503 g/mol. The van der Waals surface area contributed by atoms with Crippen molar-refractivity contribution in [3.05, 3.63) is 85.5 Å². The Balaban J connectivity index is 1.65. The molecule has 0 saturated carbocycles. The van der Waals surface area contributed by atoms with E-state index in [0.29, 0.717) is 26.0 Å². The molecule has 4 aromatic rings. The third kappa shape index (κ3) is 5.12. The van der Waals surface area contributed by atoms with Gasteiger partial charge in [-0.05, 0) is 85.8 Å². The van der Waals surface area contributed by atoms with Gasteiger partial charge >= 0.3 is 5.97 Å². The number of H-pyrrole nitrogens is 1. The number of aliphatic carboxylic acids is 1. The number of carboxylic acids is 1. The highest BCUT2D eigenvalue weighted by molar-refractivity contribution is 8.04. The van der Waals surface area contributed by atoms with Crippen LogP contribution in [0.15, 0.2) is 58.6 Å². The fraction of sp³-hybridized carbons (Fsp3) is 0.0870. The van der Waals surface area contributed by atoms with Crippen LogP contribution in [0.5, 0.6) is 0 Å². The molecule has 10 heteroatoms. The zero-order chi connectivity index (χ0) is 23.7. The van der Waals surface area contributed by atoms with Crippen molar-refractivity contribution in [1.29, 1.82) is 0 Å². The molecule has 2 heterocycles. The maximum absolute atomic E-state index is 12.0. The molecule has 0 atom stereocenters. The summed E-state index contributed by atoms with van der Waals surface area (Å²) in [6, 6.07) is 14.4. The van der Waals surface area contributed by atoms with Crippen LogP contribution in [0, 0.1) is 13.8 Å². The molecule has 0 unspecified atom stereocenters. The number of aromatic amines is 1. The molecule has 4 rings (SSSR count). The number of nitrogens with one attached hydrogen (secondary N) is 1. The Labute approximate surface area is 209 Å². The summed E-state index contributed by atoms with van der Waals surface area (Å²) in [6.07, 6.45) is 1.61. The molecule has 33 heavy (non-hydrogen) atoms. The van der Waals surface area contributed by atoms with Crippen molar-refractivity contribution < 1.29 is 9.90 Å². The van der Waals surface area contributed by atoms with Gasteiger partial charge in [0.25, 0.3) is 0 Å². The zero-order valence-corrected chi connectivity index (χ0v) is 20.5. The first-order valence-corrected chi connectivity index (χ1v) is 11.6. The molecular formula is C23H17Cl3N4O2S. The lowest BCUT2D eigenvalue weighted by molar-refractivity contribution is -0.131. The van der Waals surface area contributed by atoms with Crippen LogP contribution in [0.1, 0.15) is 17.0 Å². The SMILES string of the molecule is Cc1cc(/C=C(\Sc2n[nH]c(-c3ccc(Cl)cc3)n2)C(=O)O)c(C)n1-c1ccc(Cl)c(Cl)c1. The van der Waals surface area contributed by atoms with E-state index in [1.807, 2.05) is 42.7 Å². The van der Waals surface area contributed by atoms with Crippen molar-refractivity contribution in [2.75, 3.05) is 0 Å². The van der Waals surface area contributed by atoms with Crippen molar-refractivity contribution in [3.63, 3.8) is 0 Å². The van der Waals surface area contributed by atoms with Crippen LogP contribution in [0.3, 0.4) is 0 Å². The number of carboxylic acid groups (broad SMARTS) is 1. The Morgan fingerprint density at radius 2 is 1.79 bits per heavy atom. The number of hydrogen-bond acceptors (Lipinski definition) is 4. The Morgan fingerprint density at radius 3 is 2.45 bits per heavy atom. The standard InChI is InChI=1S/C23H17Cl3N4O2S/c1-12-9-15(13(2)30(12)17-7-8-18(25)19(26)11-17)10-20(22(31)32)33-23-27-21(28-29-23)14-3-5-16(24)6-4-14/h3-11H,1-2H3,(H,31,32)(H,27,28,29)/b20-10-. The molecule has 0 fully saturated rings. The molecule has 0 spiro atoms. The average molecular weight is 520 g/mol. The molecule has 0 bridgehead atoms. The van der Waals surface area contributed by atoms with E-state index in [-0.39, 0.29) is 4.91 Å². The highest BCUT2D eigenvalue weighted by atomic mass is 35.5. The Bertz CT molecular complexity index is 1380. The topological polar surface area (TPSA) is 83.8 Å². The minimum absolute atomic E-state index is 0.0889. The maximum Gasteiger partial charge on any atom is 0.342 e. The van der Waals surface area contributed by atoms with Gasteiger partial charge in [0, 0.05) is 27.7 Å². The molecule has 2 aromatic carbocycles. The normalized spacial score (nSPS) is 11.7. The van der Waals surface area contributed by atoms with Crippen LogP contribution in [0.25, 0.3) is 23.2 Å². The Hall–Kier alpha value is -2.71. The van der Waals surface area contributed by atoms with Gasteiger partial charge in [-0.25, -0.2) is 9.78 Å². The summed E-state index contributed by atoms with van der Waals surface area (Å²) >= 11 is 19.1. The summed E-state index contributed by atoms with van der Waals surface area (Å²) in [5.74, 6) is -0.547. The van der Waals surface area contributed by atoms with Crippen LogP contribution in [0.4, 0.5) is 0 Å². The van der Waals surface area contributed by atoms with Crippen LogP contribution in [-0.4, -0.2) is 30.8 Å². The van der Waals surface area contributed by atoms with Crippen LogP contribution in [0.2, 0.25) is 15.1 Å². The lowest BCUT2D eigenvalue weighted by atomic mass is 10.2. The number of hydrogen-bond donors (Lipinski definition) is 2. The van der Waals surface area contributed by atoms with Crippen molar-refractivity contribution in [2.24, 2.45) is 0 Å². The smallest absolute Gasteiger partial charge is 0.342 e. The summed E-state index contributed by atoms with van der Waals surface area (Å²) in [5, 5.41) is 18.6. The van der Waals surface area contributed by atoms with Gasteiger partial charge in [-0.15, -0.1) is 5.10 Å². The summed E-state index contributed by atoms with van der Waals surface area (Å²) in [6.45, 7) is 3.85. The van der Waals surface area contributed by atoms with Gasteiger partial charge in [0.05, 0.1) is 10.0 Å². The number of rotatable bonds is 6. The molecule has 168 valence electrons. The minimum atomic E-state index is -1.07. The summed E-state index contributed by atoms with van der Waals surface area (Å²) in [4.78, 5) is 16.5. The minimum Gasteiger partial charge on any atom is -0.477 e. The predicted octanol–water partition coefficient (Wildman–Crippen LogP) is 7.06. The number of halogens is 3. The van der Waals surface area contributed by atoms with Crippen LogP contribution < -0.4 is 0 Å². The first-order valence-electron chi connectivity index (χ1n) is 9.68. The van der Waals surface area contributed by atoms with Gasteiger partial charge in [-0.3, -0.25) is 5.10 Å². The second-order valence-corrected chi connectivity index (χ2v) is 9.41. The largest absolute Gasteiger partial charge is 0.477 e. The number of aromatic nitrogens is 4.